The van der Waals surface area contributed by atoms with Gasteiger partial charge in [-0.15, -0.1) is 0 Å². The van der Waals surface area contributed by atoms with Crippen molar-refractivity contribution in [3.63, 3.8) is 0 Å². The molecule has 0 aromatic rings. The molecule has 1 saturated heterocycles. The van der Waals surface area contributed by atoms with Crippen LogP contribution < -0.4 is 11.1 Å². The molecule has 2 fully saturated rings. The Morgan fingerprint density at radius 2 is 2.10 bits per heavy atom. The molecule has 1 saturated carbocycles. The lowest BCUT2D eigenvalue weighted by molar-refractivity contribution is -0.267. The second-order valence-corrected chi connectivity index (χ2v) is 5.86. The molecule has 0 amide bonds. The standard InChI is InChI=1S/C11H17N3O6/c1-10(19)2-3-7(17)13-9(12)14-11(3)4(15)6(10)20-8(18)5(11)16/h3-7,15-17,19H,2H2,1H3,(H3,12,13,14)/t3-,4?,5-,6+,7-,10+,11-/m1/s1. The fourth-order valence-corrected chi connectivity index (χ4v) is 3.55. The fraction of sp³-hybridized carbons (Fsp3) is 0.818. The highest BCUT2D eigenvalue weighted by molar-refractivity contribution is 5.84. The lowest BCUT2D eigenvalue weighted by Crippen LogP contribution is -2.84. The molecule has 0 aromatic heterocycles. The summed E-state index contributed by atoms with van der Waals surface area (Å²) in [6.07, 6.45) is -5.75. The van der Waals surface area contributed by atoms with E-state index in [4.69, 9.17) is 10.5 Å². The Kier molecular flexibility index (Phi) is 2.59. The van der Waals surface area contributed by atoms with Crippen LogP contribution in [0.25, 0.3) is 0 Å². The van der Waals surface area contributed by atoms with Gasteiger partial charge in [-0.3, -0.25) is 0 Å². The molecule has 112 valence electrons. The van der Waals surface area contributed by atoms with Gasteiger partial charge in [-0.25, -0.2) is 9.79 Å². The first-order valence-corrected chi connectivity index (χ1v) is 6.28. The number of aliphatic hydroxyl groups excluding tert-OH is 3. The average Bonchev–Trinajstić information content (AvgIpc) is 2.33. The van der Waals surface area contributed by atoms with Gasteiger partial charge in [0.05, 0.1) is 0 Å². The van der Waals surface area contributed by atoms with Crippen LogP contribution in [0.2, 0.25) is 0 Å². The van der Waals surface area contributed by atoms with E-state index in [1.165, 1.54) is 6.92 Å². The summed E-state index contributed by atoms with van der Waals surface area (Å²) in [5, 5.41) is 43.6. The van der Waals surface area contributed by atoms with Gasteiger partial charge in [0.2, 0.25) is 0 Å². The molecule has 0 aromatic carbocycles. The summed E-state index contributed by atoms with van der Waals surface area (Å²) in [5.41, 5.74) is 2.38. The fourth-order valence-electron chi connectivity index (χ4n) is 3.55. The topological polar surface area (TPSA) is 158 Å². The van der Waals surface area contributed by atoms with E-state index in [1.807, 2.05) is 0 Å². The van der Waals surface area contributed by atoms with Crippen LogP contribution in [-0.4, -0.2) is 68.0 Å². The Labute approximate surface area is 114 Å². The lowest BCUT2D eigenvalue weighted by Gasteiger charge is -2.60. The van der Waals surface area contributed by atoms with Crippen LogP contribution >= 0.6 is 0 Å². The van der Waals surface area contributed by atoms with Gasteiger partial charge in [0, 0.05) is 5.92 Å². The van der Waals surface area contributed by atoms with Gasteiger partial charge >= 0.3 is 5.97 Å². The number of rotatable bonds is 0. The maximum atomic E-state index is 11.8. The van der Waals surface area contributed by atoms with Crippen LogP contribution in [0, 0.1) is 5.92 Å². The van der Waals surface area contributed by atoms with E-state index in [1.54, 1.807) is 0 Å². The number of ether oxygens (including phenoxy) is 1. The largest absolute Gasteiger partial charge is 0.454 e. The van der Waals surface area contributed by atoms with Crippen molar-refractivity contribution in [1.29, 1.82) is 0 Å². The van der Waals surface area contributed by atoms with Gasteiger partial charge in [0.25, 0.3) is 0 Å². The van der Waals surface area contributed by atoms with Gasteiger partial charge in [-0.2, -0.15) is 0 Å². The molecule has 20 heavy (non-hydrogen) atoms. The predicted molar refractivity (Wildman–Crippen MR) is 64.1 cm³/mol. The number of aliphatic imine (C=N–C) groups is 1. The number of fused-ring (bicyclic) bond motifs is 1. The predicted octanol–water partition coefficient (Wildman–Crippen LogP) is -3.62. The van der Waals surface area contributed by atoms with Crippen molar-refractivity contribution >= 4 is 11.9 Å². The van der Waals surface area contributed by atoms with Gasteiger partial charge in [-0.05, 0) is 13.3 Å². The van der Waals surface area contributed by atoms with Gasteiger partial charge in [0.15, 0.2) is 24.4 Å². The van der Waals surface area contributed by atoms with E-state index in [-0.39, 0.29) is 12.4 Å². The van der Waals surface area contributed by atoms with Crippen LogP contribution in [0.3, 0.4) is 0 Å². The summed E-state index contributed by atoms with van der Waals surface area (Å²) < 4.78 is 4.92. The van der Waals surface area contributed by atoms with Gasteiger partial charge in [0.1, 0.15) is 17.2 Å². The SMILES string of the molecule is C[C@]1(O)C[C@@H]2[C@@H](O)N=C(N)N[C@@]23C(O)[C@@H]1OC(=O)[C@H]3O. The number of hydrogen-bond acceptors (Lipinski definition) is 9. The van der Waals surface area contributed by atoms with Crippen molar-refractivity contribution in [3.8, 4) is 0 Å². The molecule has 2 heterocycles. The zero-order valence-corrected chi connectivity index (χ0v) is 10.7. The van der Waals surface area contributed by atoms with Crippen LogP contribution in [0.5, 0.6) is 0 Å². The van der Waals surface area contributed by atoms with Crippen molar-refractivity contribution < 1.29 is 30.0 Å². The number of nitrogens with zero attached hydrogens (tertiary/aromatic N) is 1. The monoisotopic (exact) mass is 287 g/mol. The molecule has 0 radical (unpaired) electrons. The van der Waals surface area contributed by atoms with Crippen LogP contribution in [-0.2, 0) is 9.53 Å². The van der Waals surface area contributed by atoms with Crippen LogP contribution in [0.4, 0.5) is 0 Å². The minimum atomic E-state index is -1.72. The van der Waals surface area contributed by atoms with Crippen molar-refractivity contribution in [2.45, 2.75) is 49.0 Å². The number of carbonyl (C=O) groups is 1. The highest BCUT2D eigenvalue weighted by atomic mass is 16.6. The lowest BCUT2D eigenvalue weighted by atomic mass is 9.59. The number of nitrogens with one attached hydrogen (secondary N) is 1. The molecule has 2 bridgehead atoms. The number of carbonyl (C=O) groups excluding carboxylic acids is 1. The molecule has 1 unspecified atom stereocenters. The van der Waals surface area contributed by atoms with Crippen molar-refractivity contribution in [2.24, 2.45) is 16.6 Å². The number of aliphatic hydroxyl groups is 4. The smallest absolute Gasteiger partial charge is 0.338 e. The highest BCUT2D eigenvalue weighted by Crippen LogP contribution is 2.48. The normalized spacial score (nSPS) is 54.4. The third kappa shape index (κ3) is 1.46. The molecule has 7 atom stereocenters. The molecular weight excluding hydrogens is 270 g/mol. The summed E-state index contributed by atoms with van der Waals surface area (Å²) in [4.78, 5) is 15.5. The van der Waals surface area contributed by atoms with E-state index in [0.29, 0.717) is 0 Å². The minimum absolute atomic E-state index is 0.0238. The molecule has 1 aliphatic carbocycles. The molecule has 3 rings (SSSR count). The van der Waals surface area contributed by atoms with Crippen LogP contribution in [0.15, 0.2) is 4.99 Å². The average molecular weight is 287 g/mol. The first-order chi connectivity index (χ1) is 9.20. The summed E-state index contributed by atoms with van der Waals surface area (Å²) >= 11 is 0. The Bertz CT molecular complexity index is 495. The number of esters is 1. The molecule has 7 N–H and O–H groups in total. The third-order valence-corrected chi connectivity index (χ3v) is 4.53. The second-order valence-electron chi connectivity index (χ2n) is 5.86. The molecule has 9 heteroatoms. The molecule has 9 nitrogen and oxygen atoms in total. The molecular formula is C11H17N3O6. The third-order valence-electron chi connectivity index (χ3n) is 4.53. The number of guanidine groups is 1. The Balaban J connectivity index is 2.16. The summed E-state index contributed by atoms with van der Waals surface area (Å²) in [5.74, 6) is -2.07. The van der Waals surface area contributed by atoms with Gasteiger partial charge < -0.3 is 36.2 Å². The molecule has 3 aliphatic rings. The Morgan fingerprint density at radius 1 is 1.45 bits per heavy atom. The van der Waals surface area contributed by atoms with Crippen molar-refractivity contribution in [2.75, 3.05) is 0 Å². The van der Waals surface area contributed by atoms with Crippen molar-refractivity contribution in [1.82, 2.24) is 5.32 Å². The minimum Gasteiger partial charge on any atom is -0.454 e. The summed E-state index contributed by atoms with van der Waals surface area (Å²) in [6, 6.07) is 0. The van der Waals surface area contributed by atoms with Crippen LogP contribution in [0.1, 0.15) is 13.3 Å². The Morgan fingerprint density at radius 3 is 2.75 bits per heavy atom. The van der Waals surface area contributed by atoms with E-state index in [9.17, 15) is 25.2 Å². The van der Waals surface area contributed by atoms with Crippen molar-refractivity contribution in [3.05, 3.63) is 0 Å². The van der Waals surface area contributed by atoms with Gasteiger partial charge in [-0.1, -0.05) is 0 Å². The molecule has 1 spiro atoms. The first kappa shape index (κ1) is 13.6. The quantitative estimate of drug-likeness (QED) is 0.249. The highest BCUT2D eigenvalue weighted by Gasteiger charge is 2.70. The first-order valence-electron chi connectivity index (χ1n) is 6.28. The summed E-state index contributed by atoms with van der Waals surface area (Å²) in [6.45, 7) is 1.39. The van der Waals surface area contributed by atoms with E-state index in [0.717, 1.165) is 0 Å². The van der Waals surface area contributed by atoms with E-state index < -0.39 is 47.6 Å². The maximum Gasteiger partial charge on any atom is 0.338 e. The zero-order chi connectivity index (χ0) is 14.9. The summed E-state index contributed by atoms with van der Waals surface area (Å²) in [7, 11) is 0. The second kappa shape index (κ2) is 3.82. The number of hydrogen-bond donors (Lipinski definition) is 6. The number of nitrogens with two attached hydrogens (primary N) is 1. The maximum absolute atomic E-state index is 11.8. The molecule has 2 aliphatic heterocycles. The van der Waals surface area contributed by atoms with E-state index >= 15 is 0 Å². The zero-order valence-electron chi connectivity index (χ0n) is 10.7. The van der Waals surface area contributed by atoms with E-state index in [2.05, 4.69) is 10.3 Å². The Hall–Kier alpha value is -1.42.